The number of amides is 2. The molecule has 2 aromatic rings. The molecule has 2 amide bonds. The van der Waals surface area contributed by atoms with Crippen LogP contribution in [0.25, 0.3) is 17.2 Å². The molecule has 0 aliphatic rings. The second-order valence-corrected chi connectivity index (χ2v) is 7.59. The second-order valence-electron chi connectivity index (χ2n) is 7.59. The molecule has 0 saturated carbocycles. The van der Waals surface area contributed by atoms with Crippen LogP contribution in [0, 0.1) is 0 Å². The van der Waals surface area contributed by atoms with Crippen LogP contribution >= 0.6 is 0 Å². The van der Waals surface area contributed by atoms with E-state index in [0.29, 0.717) is 12.1 Å². The van der Waals surface area contributed by atoms with Crippen molar-refractivity contribution in [1.29, 1.82) is 0 Å². The first-order valence-electron chi connectivity index (χ1n) is 11.2. The predicted octanol–water partition coefficient (Wildman–Crippen LogP) is 6.34. The highest BCUT2D eigenvalue weighted by Crippen LogP contribution is 2.25. The maximum atomic E-state index is 13.8. The van der Waals surface area contributed by atoms with Crippen molar-refractivity contribution in [1.82, 2.24) is 5.32 Å². The summed E-state index contributed by atoms with van der Waals surface area (Å²) < 4.78 is 18.5. The van der Waals surface area contributed by atoms with Gasteiger partial charge in [-0.05, 0) is 48.2 Å². The Bertz CT molecular complexity index is 910. The van der Waals surface area contributed by atoms with E-state index in [4.69, 9.17) is 0 Å². The van der Waals surface area contributed by atoms with E-state index in [0.717, 1.165) is 35.7 Å². The molecule has 0 aromatic heterocycles. The monoisotopic (exact) mass is 440 g/mol. The summed E-state index contributed by atoms with van der Waals surface area (Å²) in [6, 6.07) is 14.7. The number of unbranched alkanes of at least 4 members (excludes halogenated alkanes) is 4. The number of hydrogen-bond acceptors (Lipinski definition) is 3. The van der Waals surface area contributed by atoms with Crippen LogP contribution in [0.15, 0.2) is 54.4 Å². The third-order valence-electron chi connectivity index (χ3n) is 5.10. The van der Waals surface area contributed by atoms with E-state index in [1.165, 1.54) is 19.3 Å². The Hall–Kier alpha value is -3.15. The number of rotatable bonds is 11. The van der Waals surface area contributed by atoms with Crippen LogP contribution < -0.4 is 10.2 Å². The highest BCUT2D eigenvalue weighted by molar-refractivity contribution is 5.92. The van der Waals surface area contributed by atoms with Gasteiger partial charge in [0.05, 0.1) is 6.61 Å². The van der Waals surface area contributed by atoms with Gasteiger partial charge < -0.3 is 10.1 Å². The first kappa shape index (κ1) is 25.1. The highest BCUT2D eigenvalue weighted by Gasteiger charge is 2.12. The number of carbonyl (C=O) groups excluding carboxylic acids is 2. The topological polar surface area (TPSA) is 58.6 Å². The fraction of sp³-hybridized carbons (Fsp3) is 0.385. The Kier molecular flexibility index (Phi) is 10.4. The zero-order chi connectivity index (χ0) is 23.3. The van der Waals surface area contributed by atoms with Crippen LogP contribution in [0.1, 0.15) is 51.5 Å². The molecule has 0 atom stereocenters. The molecule has 2 rings (SSSR count). The van der Waals surface area contributed by atoms with E-state index in [-0.39, 0.29) is 12.6 Å². The zero-order valence-corrected chi connectivity index (χ0v) is 19.2. The van der Waals surface area contributed by atoms with Crippen molar-refractivity contribution in [2.45, 2.75) is 46.0 Å². The van der Waals surface area contributed by atoms with E-state index in [9.17, 15) is 14.0 Å². The molecule has 5 nitrogen and oxygen atoms in total. The van der Waals surface area contributed by atoms with Crippen molar-refractivity contribution >= 4 is 23.8 Å². The molecular weight excluding hydrogens is 407 g/mol. The summed E-state index contributed by atoms with van der Waals surface area (Å²) in [4.78, 5) is 25.5. The normalized spacial score (nSPS) is 11.2. The van der Waals surface area contributed by atoms with Gasteiger partial charge in [0.25, 0.3) is 0 Å². The molecule has 1 N–H and O–H groups in total. The van der Waals surface area contributed by atoms with Crippen molar-refractivity contribution in [3.05, 3.63) is 59.9 Å². The number of esters is 1. The van der Waals surface area contributed by atoms with E-state index < -0.39 is 11.8 Å². The Labute approximate surface area is 190 Å². The molecule has 0 heterocycles. The average Bonchev–Trinajstić information content (AvgIpc) is 2.81. The molecular formula is C26H33FN2O3. The number of urea groups is 1. The Morgan fingerprint density at radius 3 is 2.41 bits per heavy atom. The zero-order valence-electron chi connectivity index (χ0n) is 19.2. The van der Waals surface area contributed by atoms with Gasteiger partial charge in [0.15, 0.2) is 0 Å². The third-order valence-corrected chi connectivity index (χ3v) is 5.10. The van der Waals surface area contributed by atoms with Gasteiger partial charge >= 0.3 is 12.0 Å². The summed E-state index contributed by atoms with van der Waals surface area (Å²) in [7, 11) is 1.75. The number of halogens is 1. The summed E-state index contributed by atoms with van der Waals surface area (Å²) in [5.41, 5.74) is 3.20. The van der Waals surface area contributed by atoms with Crippen molar-refractivity contribution in [3.8, 4) is 11.1 Å². The van der Waals surface area contributed by atoms with Crippen molar-refractivity contribution < 1.29 is 18.7 Å². The SMILES string of the molecule is CCCCCCCNC(=O)N(C)c1cccc(-c2ccc(C=C(F)C(=O)OCC)cc2)c1. The van der Waals surface area contributed by atoms with Crippen molar-refractivity contribution in [2.24, 2.45) is 0 Å². The highest BCUT2D eigenvalue weighted by atomic mass is 19.1. The summed E-state index contributed by atoms with van der Waals surface area (Å²) in [6.45, 7) is 4.61. The minimum absolute atomic E-state index is 0.126. The number of ether oxygens (including phenoxy) is 1. The number of hydrogen-bond donors (Lipinski definition) is 1. The summed E-state index contributed by atoms with van der Waals surface area (Å²) in [6.07, 6.45) is 6.90. The van der Waals surface area contributed by atoms with Gasteiger partial charge in [0, 0.05) is 19.3 Å². The molecule has 0 fully saturated rings. The van der Waals surface area contributed by atoms with Gasteiger partial charge in [-0.25, -0.2) is 9.59 Å². The van der Waals surface area contributed by atoms with Gasteiger partial charge in [-0.15, -0.1) is 0 Å². The van der Waals surface area contributed by atoms with E-state index in [1.54, 1.807) is 31.0 Å². The van der Waals surface area contributed by atoms with Gasteiger partial charge in [-0.2, -0.15) is 4.39 Å². The van der Waals surface area contributed by atoms with Gasteiger partial charge in [-0.1, -0.05) is 69.0 Å². The number of carbonyl (C=O) groups is 2. The second kappa shape index (κ2) is 13.3. The van der Waals surface area contributed by atoms with Gasteiger partial charge in [-0.3, -0.25) is 4.90 Å². The molecule has 6 heteroatoms. The van der Waals surface area contributed by atoms with Crippen LogP contribution in [0.2, 0.25) is 0 Å². The lowest BCUT2D eigenvalue weighted by atomic mass is 10.0. The van der Waals surface area contributed by atoms with Gasteiger partial charge in [0.1, 0.15) is 0 Å². The quantitative estimate of drug-likeness (QED) is 0.252. The van der Waals surface area contributed by atoms with E-state index in [1.807, 2.05) is 36.4 Å². The van der Waals surface area contributed by atoms with E-state index >= 15 is 0 Å². The predicted molar refractivity (Wildman–Crippen MR) is 128 cm³/mol. The van der Waals surface area contributed by atoms with Crippen LogP contribution in [-0.4, -0.2) is 32.2 Å². The molecule has 0 bridgehead atoms. The molecule has 0 unspecified atom stereocenters. The Morgan fingerprint density at radius 2 is 1.72 bits per heavy atom. The van der Waals surface area contributed by atoms with Crippen LogP contribution in [0.3, 0.4) is 0 Å². The standard InChI is InChI=1S/C26H33FN2O3/c1-4-6-7-8-9-17-28-26(31)29(3)23-12-10-11-22(19-23)21-15-13-20(14-16-21)18-24(27)25(30)32-5-2/h10-16,18-19H,4-9,17H2,1-3H3,(H,28,31). The fourth-order valence-electron chi connectivity index (χ4n) is 3.23. The number of anilines is 1. The van der Waals surface area contributed by atoms with Crippen LogP contribution in [0.4, 0.5) is 14.9 Å². The minimum atomic E-state index is -0.966. The molecule has 0 saturated heterocycles. The smallest absolute Gasteiger partial charge is 0.367 e. The lowest BCUT2D eigenvalue weighted by molar-refractivity contribution is -0.140. The number of nitrogens with zero attached hydrogens (tertiary/aromatic N) is 1. The summed E-state index contributed by atoms with van der Waals surface area (Å²) >= 11 is 0. The summed E-state index contributed by atoms with van der Waals surface area (Å²) in [5.74, 6) is -1.90. The Balaban J connectivity index is 2.00. The molecule has 0 radical (unpaired) electrons. The first-order chi connectivity index (χ1) is 15.5. The number of benzene rings is 2. The fourth-order valence-corrected chi connectivity index (χ4v) is 3.23. The Morgan fingerprint density at radius 1 is 1.00 bits per heavy atom. The third kappa shape index (κ3) is 7.84. The molecule has 0 aliphatic carbocycles. The van der Waals surface area contributed by atoms with Crippen molar-refractivity contribution in [2.75, 3.05) is 25.1 Å². The van der Waals surface area contributed by atoms with Crippen molar-refractivity contribution in [3.63, 3.8) is 0 Å². The lowest BCUT2D eigenvalue weighted by Gasteiger charge is -2.19. The largest absolute Gasteiger partial charge is 0.461 e. The summed E-state index contributed by atoms with van der Waals surface area (Å²) in [5, 5.41) is 2.97. The van der Waals surface area contributed by atoms with Crippen LogP contribution in [-0.2, 0) is 9.53 Å². The van der Waals surface area contributed by atoms with Gasteiger partial charge in [0.2, 0.25) is 5.83 Å². The molecule has 32 heavy (non-hydrogen) atoms. The lowest BCUT2D eigenvalue weighted by Crippen LogP contribution is -2.37. The average molecular weight is 441 g/mol. The molecule has 0 spiro atoms. The molecule has 2 aromatic carbocycles. The first-order valence-corrected chi connectivity index (χ1v) is 11.2. The maximum Gasteiger partial charge on any atom is 0.367 e. The molecule has 172 valence electrons. The van der Waals surface area contributed by atoms with Crippen LogP contribution in [0.5, 0.6) is 0 Å². The minimum Gasteiger partial charge on any atom is -0.461 e. The maximum absolute atomic E-state index is 13.8. The van der Waals surface area contributed by atoms with E-state index in [2.05, 4.69) is 17.0 Å². The molecule has 0 aliphatic heterocycles. The number of nitrogens with one attached hydrogen (secondary N) is 1.